The van der Waals surface area contributed by atoms with E-state index in [1.165, 1.54) is 32.4 Å². The van der Waals surface area contributed by atoms with Gasteiger partial charge in [-0.25, -0.2) is 0 Å². The summed E-state index contributed by atoms with van der Waals surface area (Å²) in [5.41, 5.74) is 12.6. The second kappa shape index (κ2) is 14.9. The summed E-state index contributed by atoms with van der Waals surface area (Å²) in [6.45, 7) is -1.05. The van der Waals surface area contributed by atoms with Crippen molar-refractivity contribution in [2.45, 2.75) is 62.2 Å². The highest BCUT2D eigenvalue weighted by atomic mass is 16.7. The number of benzene rings is 2. The van der Waals surface area contributed by atoms with Crippen LogP contribution in [0.5, 0.6) is 17.2 Å². The van der Waals surface area contributed by atoms with E-state index in [4.69, 9.17) is 25.7 Å². The molecule has 1 aliphatic carbocycles. The number of carbonyl (C=O) groups excluding carboxylic acids is 2. The molecule has 1 fully saturated rings. The van der Waals surface area contributed by atoms with Crippen molar-refractivity contribution in [3.8, 4) is 17.2 Å². The Morgan fingerprint density at radius 1 is 1.06 bits per heavy atom. The Kier molecular flexibility index (Phi) is 10.9. The molecule has 0 bridgehead atoms. The van der Waals surface area contributed by atoms with Gasteiger partial charge >= 0.3 is 0 Å². The summed E-state index contributed by atoms with van der Waals surface area (Å²) < 4.78 is 16.7. The topological polar surface area (TPSA) is 272 Å². The predicted octanol–water partition coefficient (Wildman–Crippen LogP) is -1.43. The van der Waals surface area contributed by atoms with Crippen molar-refractivity contribution in [3.63, 3.8) is 0 Å². The molecule has 16 heteroatoms. The molecule has 0 radical (unpaired) electrons. The fourth-order valence-electron chi connectivity index (χ4n) is 6.15. The molecular weight excluding hydrogens is 642 g/mol. The number of aliphatic hydroxyl groups excluding tert-OH is 5. The quantitative estimate of drug-likeness (QED) is 0.0820. The summed E-state index contributed by atoms with van der Waals surface area (Å²) >= 11 is 0. The molecule has 2 aromatic carbocycles. The van der Waals surface area contributed by atoms with E-state index in [0.29, 0.717) is 18.4 Å². The number of hydrogen-bond donors (Lipinski definition) is 10. The molecular formula is C33H41N5O11. The maximum atomic E-state index is 14.4. The highest BCUT2D eigenvalue weighted by molar-refractivity contribution is 6.30. The Bertz CT molecular complexity index is 1690. The van der Waals surface area contributed by atoms with Crippen molar-refractivity contribution in [1.29, 1.82) is 0 Å². The smallest absolute Gasteiger partial charge is 0.229 e. The van der Waals surface area contributed by atoms with Gasteiger partial charge < -0.3 is 67.0 Å². The van der Waals surface area contributed by atoms with Crippen LogP contribution in [0.15, 0.2) is 47.1 Å². The number of phenolic OH excluding ortho intramolecular Hbond substituents is 1. The summed E-state index contributed by atoms with van der Waals surface area (Å²) in [5, 5.41) is 68.6. The number of aliphatic hydroxyl groups is 5. The minimum Gasteiger partial charge on any atom is -0.507 e. The molecule has 7 atom stereocenters. The van der Waals surface area contributed by atoms with Gasteiger partial charge in [-0.3, -0.25) is 14.6 Å². The molecule has 12 N–H and O–H groups in total. The number of guanidine groups is 1. The van der Waals surface area contributed by atoms with Crippen molar-refractivity contribution in [3.05, 3.63) is 75.5 Å². The molecule has 0 saturated carbocycles. The number of methoxy groups -OCH3 is 1. The average Bonchev–Trinajstić information content (AvgIpc) is 3.09. The normalized spacial score (nSPS) is 25.6. The predicted molar refractivity (Wildman–Crippen MR) is 174 cm³/mol. The molecule has 2 heterocycles. The van der Waals surface area contributed by atoms with Gasteiger partial charge in [-0.05, 0) is 48.6 Å². The lowest BCUT2D eigenvalue weighted by Crippen LogP contribution is -2.60. The molecule has 0 amide bonds. The number of ketones is 2. The Morgan fingerprint density at radius 3 is 2.43 bits per heavy atom. The Labute approximate surface area is 281 Å². The standard InChI is InChI=1S/C33H41N5O11/c1-36-33(35)38-19(7-8-39)23-15(5-3-14-4-6-22(34)37-12-14)9-17-25(28(23)43)29(44)24-18(26(17)41)10-16(47-2)11-20(24)48-32-31(46)30(45)27(42)21(13-40)49-32/h4,6,9-12,19,21-22,27,30-32,37,39-40,42-43,45-46H,3,5,7-8,13,34H2,1-2H3,(H3,35,36,38). The number of phenols is 1. The largest absolute Gasteiger partial charge is 0.507 e. The first-order chi connectivity index (χ1) is 23.4. The highest BCUT2D eigenvalue weighted by Gasteiger charge is 2.46. The van der Waals surface area contributed by atoms with Crippen LogP contribution >= 0.6 is 0 Å². The summed E-state index contributed by atoms with van der Waals surface area (Å²) in [4.78, 5) is 32.5. The molecule has 16 nitrogen and oxygen atoms in total. The van der Waals surface area contributed by atoms with Crippen LogP contribution in [0.25, 0.3) is 0 Å². The van der Waals surface area contributed by atoms with Crippen LogP contribution in [0.4, 0.5) is 0 Å². The number of nitrogens with zero attached hydrogens (tertiary/aromatic N) is 1. The third-order valence-corrected chi connectivity index (χ3v) is 8.76. The lowest BCUT2D eigenvalue weighted by Gasteiger charge is -2.39. The van der Waals surface area contributed by atoms with Crippen molar-refractivity contribution in [1.82, 2.24) is 10.6 Å². The Hall–Kier alpha value is -4.55. The maximum absolute atomic E-state index is 14.4. The van der Waals surface area contributed by atoms with E-state index in [0.717, 1.165) is 5.57 Å². The van der Waals surface area contributed by atoms with E-state index < -0.39 is 60.7 Å². The van der Waals surface area contributed by atoms with Gasteiger partial charge in [0, 0.05) is 42.6 Å². The van der Waals surface area contributed by atoms with Crippen molar-refractivity contribution < 1.29 is 54.4 Å². The zero-order valence-electron chi connectivity index (χ0n) is 26.9. The fourth-order valence-corrected chi connectivity index (χ4v) is 6.15. The van der Waals surface area contributed by atoms with E-state index in [-0.39, 0.29) is 64.5 Å². The van der Waals surface area contributed by atoms with Gasteiger partial charge in [-0.1, -0.05) is 6.08 Å². The Balaban J connectivity index is 1.63. The molecule has 5 rings (SSSR count). The van der Waals surface area contributed by atoms with E-state index >= 15 is 0 Å². The second-order valence-corrected chi connectivity index (χ2v) is 11.8. The SMILES string of the molecule is CN=C(N)NC(CCO)c1c(CCC2=CNC(N)C=C2)cc2c(c1O)C(=O)c1c(OC3OC(CO)C(O)C(O)C3O)cc(OC)cc1C2=O. The third-order valence-electron chi connectivity index (χ3n) is 8.76. The first kappa shape index (κ1) is 35.7. The number of nitrogens with two attached hydrogens (primary N) is 2. The minimum atomic E-state index is -1.82. The first-order valence-corrected chi connectivity index (χ1v) is 15.6. The molecule has 264 valence electrons. The molecule has 2 aliphatic heterocycles. The summed E-state index contributed by atoms with van der Waals surface area (Å²) in [5.74, 6) is -2.15. The number of aromatic hydroxyl groups is 1. The zero-order chi connectivity index (χ0) is 35.6. The van der Waals surface area contributed by atoms with Gasteiger partial charge in [0.05, 0.1) is 37.1 Å². The summed E-state index contributed by atoms with van der Waals surface area (Å²) in [7, 11) is 2.78. The number of aliphatic imine (C=N–C) groups is 1. The molecule has 1 saturated heterocycles. The van der Waals surface area contributed by atoms with Crippen LogP contribution in [0.3, 0.4) is 0 Å². The van der Waals surface area contributed by atoms with Crippen molar-refractivity contribution in [2.24, 2.45) is 16.5 Å². The van der Waals surface area contributed by atoms with Crippen LogP contribution in [-0.4, -0.2) is 112 Å². The number of carbonyl (C=O) groups is 2. The first-order valence-electron chi connectivity index (χ1n) is 15.6. The number of allylic oxidation sites excluding steroid dienone is 2. The number of aryl methyl sites for hydroxylation is 1. The number of ether oxygens (including phenoxy) is 3. The monoisotopic (exact) mass is 683 g/mol. The molecule has 2 aromatic rings. The van der Waals surface area contributed by atoms with Gasteiger partial charge in [-0.15, -0.1) is 0 Å². The van der Waals surface area contributed by atoms with Crippen LogP contribution < -0.4 is 31.6 Å². The number of fused-ring (bicyclic) bond motifs is 2. The third kappa shape index (κ3) is 6.98. The number of hydrogen-bond acceptors (Lipinski definition) is 14. The van der Waals surface area contributed by atoms with Crippen molar-refractivity contribution >= 4 is 17.5 Å². The molecule has 7 unspecified atom stereocenters. The lowest BCUT2D eigenvalue weighted by molar-refractivity contribution is -0.277. The summed E-state index contributed by atoms with van der Waals surface area (Å²) in [6, 6.07) is 3.30. The Morgan fingerprint density at radius 2 is 1.80 bits per heavy atom. The van der Waals surface area contributed by atoms with E-state index in [2.05, 4.69) is 15.6 Å². The molecule has 49 heavy (non-hydrogen) atoms. The molecule has 0 spiro atoms. The van der Waals surface area contributed by atoms with Crippen LogP contribution in [0.2, 0.25) is 0 Å². The zero-order valence-corrected chi connectivity index (χ0v) is 26.9. The molecule has 0 aromatic heterocycles. The fraction of sp³-hybridized carbons (Fsp3) is 0.424. The summed E-state index contributed by atoms with van der Waals surface area (Å²) in [6.07, 6.45) is -2.38. The van der Waals surface area contributed by atoms with Gasteiger partial charge in [0.1, 0.15) is 41.7 Å². The van der Waals surface area contributed by atoms with E-state index in [1.54, 1.807) is 12.3 Å². The molecule has 3 aliphatic rings. The number of nitrogens with one attached hydrogen (secondary N) is 2. The second-order valence-electron chi connectivity index (χ2n) is 11.8. The van der Waals surface area contributed by atoms with Gasteiger partial charge in [0.2, 0.25) is 12.1 Å². The van der Waals surface area contributed by atoms with Gasteiger partial charge in [0.25, 0.3) is 0 Å². The van der Waals surface area contributed by atoms with Crippen LogP contribution in [-0.2, 0) is 11.2 Å². The van der Waals surface area contributed by atoms with Crippen molar-refractivity contribution in [2.75, 3.05) is 27.4 Å². The van der Waals surface area contributed by atoms with E-state index in [9.17, 15) is 40.2 Å². The maximum Gasteiger partial charge on any atom is 0.229 e. The highest BCUT2D eigenvalue weighted by Crippen LogP contribution is 2.44. The van der Waals surface area contributed by atoms with Gasteiger partial charge in [-0.2, -0.15) is 0 Å². The lowest BCUT2D eigenvalue weighted by atomic mass is 9.78. The minimum absolute atomic E-state index is 0.00712. The van der Waals surface area contributed by atoms with E-state index in [1.807, 2.05) is 6.08 Å². The van der Waals surface area contributed by atoms with Crippen LogP contribution in [0.1, 0.15) is 61.9 Å². The average molecular weight is 684 g/mol. The van der Waals surface area contributed by atoms with Crippen LogP contribution in [0, 0.1) is 0 Å². The number of rotatable bonds is 11. The van der Waals surface area contributed by atoms with Gasteiger partial charge in [0.15, 0.2) is 11.7 Å². The number of dihydropyridines is 1.